The first-order chi connectivity index (χ1) is 13.0. The normalized spacial score (nSPS) is 10.0. The largest absolute Gasteiger partial charge is 0.354 e. The summed E-state index contributed by atoms with van der Waals surface area (Å²) in [5, 5.41) is 2.85. The molecule has 0 bridgehead atoms. The average molecular weight is 357 g/mol. The van der Waals surface area contributed by atoms with Crippen molar-refractivity contribution in [3.8, 4) is 11.8 Å². The van der Waals surface area contributed by atoms with E-state index in [9.17, 15) is 9.59 Å². The molecule has 0 aliphatic carbocycles. The molecule has 0 spiro atoms. The van der Waals surface area contributed by atoms with Gasteiger partial charge in [0.15, 0.2) is 5.78 Å². The van der Waals surface area contributed by atoms with Crippen LogP contribution in [0.4, 0.5) is 5.69 Å². The maximum absolute atomic E-state index is 12.6. The summed E-state index contributed by atoms with van der Waals surface area (Å²) in [4.78, 5) is 31.5. The summed E-state index contributed by atoms with van der Waals surface area (Å²) >= 11 is 0. The smallest absolute Gasteiger partial charge is 0.272 e. The minimum absolute atomic E-state index is 0.0629. The number of aromatic nitrogens is 2. The highest BCUT2D eigenvalue weighted by molar-refractivity contribution is 6.07. The number of ketones is 1. The van der Waals surface area contributed by atoms with Crippen LogP contribution in [0.2, 0.25) is 0 Å². The predicted molar refractivity (Wildman–Crippen MR) is 105 cm³/mol. The number of carbonyl (C=O) groups excluding carboxylic acids is 2. The minimum Gasteiger partial charge on any atom is -0.354 e. The van der Waals surface area contributed by atoms with Crippen molar-refractivity contribution in [1.29, 1.82) is 0 Å². The first-order valence-electron chi connectivity index (χ1n) is 8.50. The van der Waals surface area contributed by atoms with Gasteiger partial charge in [0.2, 0.25) is 0 Å². The molecule has 0 atom stereocenters. The number of benzene rings is 1. The molecule has 2 heterocycles. The predicted octanol–water partition coefficient (Wildman–Crippen LogP) is 3.88. The molecule has 0 fully saturated rings. The van der Waals surface area contributed by atoms with Gasteiger partial charge in [-0.05, 0) is 62.6 Å². The lowest BCUT2D eigenvalue weighted by Crippen LogP contribution is -2.14. The third kappa shape index (κ3) is 4.13. The average Bonchev–Trinajstić information content (AvgIpc) is 2.95. The van der Waals surface area contributed by atoms with Gasteiger partial charge in [-0.1, -0.05) is 18.1 Å². The second-order valence-electron chi connectivity index (χ2n) is 6.18. The molecule has 0 radical (unpaired) electrons. The lowest BCUT2D eigenvalue weighted by atomic mass is 10.1. The molecule has 3 aromatic rings. The van der Waals surface area contributed by atoms with E-state index in [1.54, 1.807) is 32.2 Å². The van der Waals surface area contributed by atoms with Gasteiger partial charge >= 0.3 is 0 Å². The number of nitrogens with zero attached hydrogens (tertiary/aromatic N) is 1. The van der Waals surface area contributed by atoms with E-state index in [1.807, 2.05) is 30.3 Å². The summed E-state index contributed by atoms with van der Waals surface area (Å²) in [6.07, 6.45) is 1.69. The van der Waals surface area contributed by atoms with E-state index in [0.29, 0.717) is 33.9 Å². The summed E-state index contributed by atoms with van der Waals surface area (Å²) in [6, 6.07) is 12.8. The summed E-state index contributed by atoms with van der Waals surface area (Å²) in [5.74, 6) is 5.67. The molecule has 0 aliphatic heterocycles. The Morgan fingerprint density at radius 1 is 1.07 bits per heavy atom. The highest BCUT2D eigenvalue weighted by Gasteiger charge is 2.19. The Hall–Kier alpha value is -3.65. The van der Waals surface area contributed by atoms with E-state index in [4.69, 9.17) is 0 Å². The van der Waals surface area contributed by atoms with E-state index in [-0.39, 0.29) is 11.7 Å². The van der Waals surface area contributed by atoms with E-state index in [0.717, 1.165) is 5.56 Å². The Bertz CT molecular complexity index is 1070. The molecule has 0 saturated heterocycles. The molecule has 0 aliphatic rings. The number of Topliss-reactive ketones (excluding diaryl/α,β-unsaturated/α-hetero) is 1. The van der Waals surface area contributed by atoms with Gasteiger partial charge in [0.1, 0.15) is 11.4 Å². The van der Waals surface area contributed by atoms with E-state index in [2.05, 4.69) is 27.1 Å². The van der Waals surface area contributed by atoms with Crippen molar-refractivity contribution >= 4 is 17.4 Å². The molecule has 27 heavy (non-hydrogen) atoms. The van der Waals surface area contributed by atoms with Crippen LogP contribution in [0.15, 0.2) is 48.7 Å². The Kier molecular flexibility index (Phi) is 5.18. The fourth-order valence-corrected chi connectivity index (χ4v) is 2.95. The molecule has 3 rings (SSSR count). The van der Waals surface area contributed by atoms with Gasteiger partial charge in [-0.3, -0.25) is 9.59 Å². The van der Waals surface area contributed by atoms with Crippen molar-refractivity contribution in [3.63, 3.8) is 0 Å². The molecular weight excluding hydrogens is 338 g/mol. The lowest BCUT2D eigenvalue weighted by Gasteiger charge is -2.05. The summed E-state index contributed by atoms with van der Waals surface area (Å²) in [7, 11) is 0. The topological polar surface area (TPSA) is 74.8 Å². The number of carbonyl (C=O) groups is 2. The van der Waals surface area contributed by atoms with Gasteiger partial charge in [-0.25, -0.2) is 4.98 Å². The summed E-state index contributed by atoms with van der Waals surface area (Å²) < 4.78 is 0. The van der Waals surface area contributed by atoms with E-state index < -0.39 is 0 Å². The molecule has 0 saturated carbocycles. The molecule has 2 aromatic heterocycles. The minimum atomic E-state index is -0.294. The number of anilines is 1. The fraction of sp³-hybridized carbons (Fsp3) is 0.136. The quantitative estimate of drug-likeness (QED) is 0.552. The fourth-order valence-electron chi connectivity index (χ4n) is 2.95. The molecule has 0 unspecified atom stereocenters. The Balaban J connectivity index is 1.81. The zero-order valence-electron chi connectivity index (χ0n) is 15.4. The summed E-state index contributed by atoms with van der Waals surface area (Å²) in [5.41, 5.74) is 4.38. The zero-order chi connectivity index (χ0) is 19.4. The van der Waals surface area contributed by atoms with Crippen molar-refractivity contribution in [2.75, 3.05) is 5.32 Å². The SMILES string of the molecule is CC(=O)c1c(C)[nH]c(C(=O)Nc2cccc(C#Cc3ccccn3)c2)c1C. The van der Waals surface area contributed by atoms with Crippen LogP contribution in [-0.2, 0) is 0 Å². The number of pyridine rings is 1. The molecule has 1 amide bonds. The van der Waals surface area contributed by atoms with Gasteiger partial charge in [0, 0.05) is 28.7 Å². The number of aromatic amines is 1. The highest BCUT2D eigenvalue weighted by Crippen LogP contribution is 2.20. The third-order valence-electron chi connectivity index (χ3n) is 4.14. The standard InChI is InChI=1S/C22H19N3O2/c1-14-20(16(3)26)15(2)24-21(14)22(27)25-19-9-6-7-17(13-19)10-11-18-8-4-5-12-23-18/h4-9,12-13,24H,1-3H3,(H,25,27). The number of rotatable bonds is 3. The molecule has 5 heteroatoms. The highest BCUT2D eigenvalue weighted by atomic mass is 16.2. The monoisotopic (exact) mass is 357 g/mol. The van der Waals surface area contributed by atoms with Gasteiger partial charge in [0.05, 0.1) is 0 Å². The van der Waals surface area contributed by atoms with Gasteiger partial charge < -0.3 is 10.3 Å². The first-order valence-corrected chi connectivity index (χ1v) is 8.50. The van der Waals surface area contributed by atoms with Gasteiger partial charge in [-0.2, -0.15) is 0 Å². The Morgan fingerprint density at radius 3 is 2.56 bits per heavy atom. The number of H-pyrrole nitrogens is 1. The van der Waals surface area contributed by atoms with Crippen molar-refractivity contribution in [2.24, 2.45) is 0 Å². The van der Waals surface area contributed by atoms with Crippen molar-refractivity contribution in [3.05, 3.63) is 82.4 Å². The van der Waals surface area contributed by atoms with Crippen LogP contribution in [0.1, 0.15) is 50.3 Å². The van der Waals surface area contributed by atoms with Gasteiger partial charge in [0.25, 0.3) is 5.91 Å². The lowest BCUT2D eigenvalue weighted by molar-refractivity contribution is 0.101. The van der Waals surface area contributed by atoms with Crippen LogP contribution < -0.4 is 5.32 Å². The molecule has 5 nitrogen and oxygen atoms in total. The molecule has 2 N–H and O–H groups in total. The van der Waals surface area contributed by atoms with Crippen molar-refractivity contribution in [1.82, 2.24) is 9.97 Å². The van der Waals surface area contributed by atoms with Crippen molar-refractivity contribution in [2.45, 2.75) is 20.8 Å². The van der Waals surface area contributed by atoms with E-state index >= 15 is 0 Å². The van der Waals surface area contributed by atoms with E-state index in [1.165, 1.54) is 6.92 Å². The number of nitrogens with one attached hydrogen (secondary N) is 2. The number of hydrogen-bond acceptors (Lipinski definition) is 3. The van der Waals surface area contributed by atoms with Crippen LogP contribution in [0.25, 0.3) is 0 Å². The number of hydrogen-bond donors (Lipinski definition) is 2. The Labute approximate surface area is 157 Å². The second kappa shape index (κ2) is 7.71. The van der Waals surface area contributed by atoms with Crippen molar-refractivity contribution < 1.29 is 9.59 Å². The second-order valence-corrected chi connectivity index (χ2v) is 6.18. The van der Waals surface area contributed by atoms with Crippen LogP contribution in [0, 0.1) is 25.7 Å². The maximum Gasteiger partial charge on any atom is 0.272 e. The zero-order valence-corrected chi connectivity index (χ0v) is 15.4. The Morgan fingerprint density at radius 2 is 1.89 bits per heavy atom. The van der Waals surface area contributed by atoms with Crippen LogP contribution in [0.5, 0.6) is 0 Å². The van der Waals surface area contributed by atoms with Crippen LogP contribution in [-0.4, -0.2) is 21.7 Å². The third-order valence-corrected chi connectivity index (χ3v) is 4.14. The van der Waals surface area contributed by atoms with Crippen LogP contribution >= 0.6 is 0 Å². The first kappa shape index (κ1) is 18.2. The van der Waals surface area contributed by atoms with Crippen LogP contribution in [0.3, 0.4) is 0 Å². The molecule has 134 valence electrons. The molecule has 1 aromatic carbocycles. The number of amides is 1. The number of aryl methyl sites for hydroxylation is 1. The molecular formula is C22H19N3O2. The maximum atomic E-state index is 12.6. The summed E-state index contributed by atoms with van der Waals surface area (Å²) in [6.45, 7) is 5.05. The van der Waals surface area contributed by atoms with Gasteiger partial charge in [-0.15, -0.1) is 0 Å².